The lowest BCUT2D eigenvalue weighted by molar-refractivity contribution is 0.551. The summed E-state index contributed by atoms with van der Waals surface area (Å²) >= 11 is 6.10. The smallest absolute Gasteiger partial charge is 0.0412 e. The fraction of sp³-hybridized carbons (Fsp3) is 0.600. The Labute approximate surface area is 116 Å². The molecule has 0 atom stereocenters. The van der Waals surface area contributed by atoms with Gasteiger partial charge in [-0.25, -0.2) is 0 Å². The number of anilines is 1. The van der Waals surface area contributed by atoms with Crippen LogP contribution in [0.15, 0.2) is 18.2 Å². The van der Waals surface area contributed by atoms with Crippen LogP contribution in [0.1, 0.15) is 33.3 Å². The Morgan fingerprint density at radius 3 is 2.44 bits per heavy atom. The average Bonchev–Trinajstić information content (AvgIpc) is 2.27. The van der Waals surface area contributed by atoms with Gasteiger partial charge in [-0.15, -0.1) is 0 Å². The lowest BCUT2D eigenvalue weighted by Gasteiger charge is -2.27. The third-order valence-corrected chi connectivity index (χ3v) is 3.30. The van der Waals surface area contributed by atoms with Crippen molar-refractivity contribution >= 4 is 17.3 Å². The number of halogens is 1. The van der Waals surface area contributed by atoms with Crippen molar-refractivity contribution in [2.75, 3.05) is 18.5 Å². The second-order valence-electron chi connectivity index (χ2n) is 5.50. The highest BCUT2D eigenvalue weighted by Gasteiger charge is 2.10. The fourth-order valence-corrected chi connectivity index (χ4v) is 2.01. The predicted molar refractivity (Wildman–Crippen MR) is 81.5 cm³/mol. The van der Waals surface area contributed by atoms with Gasteiger partial charge in [0.2, 0.25) is 0 Å². The molecule has 1 N–H and O–H groups in total. The van der Waals surface area contributed by atoms with Gasteiger partial charge < -0.3 is 10.2 Å². The van der Waals surface area contributed by atoms with E-state index in [-0.39, 0.29) is 0 Å². The zero-order valence-corrected chi connectivity index (χ0v) is 12.9. The van der Waals surface area contributed by atoms with Crippen LogP contribution >= 0.6 is 11.6 Å². The van der Waals surface area contributed by atoms with Gasteiger partial charge in [-0.3, -0.25) is 0 Å². The molecule has 1 rings (SSSR count). The molecule has 0 bridgehead atoms. The minimum absolute atomic E-state index is 0.482. The van der Waals surface area contributed by atoms with Crippen molar-refractivity contribution in [2.24, 2.45) is 5.92 Å². The molecule has 18 heavy (non-hydrogen) atoms. The molecule has 1 aromatic carbocycles. The van der Waals surface area contributed by atoms with E-state index in [1.54, 1.807) is 0 Å². The minimum Gasteiger partial charge on any atom is -0.372 e. The van der Waals surface area contributed by atoms with E-state index in [1.165, 1.54) is 11.3 Å². The topological polar surface area (TPSA) is 15.3 Å². The highest BCUT2D eigenvalue weighted by atomic mass is 35.5. The molecule has 0 spiro atoms. The van der Waals surface area contributed by atoms with Crippen LogP contribution in [0.5, 0.6) is 0 Å². The van der Waals surface area contributed by atoms with Gasteiger partial charge in [-0.05, 0) is 50.1 Å². The number of nitrogens with one attached hydrogen (secondary N) is 1. The lowest BCUT2D eigenvalue weighted by Crippen LogP contribution is -2.28. The maximum Gasteiger partial charge on any atom is 0.0412 e. The predicted octanol–water partition coefficient (Wildman–Crippen LogP) is 3.93. The van der Waals surface area contributed by atoms with Crippen LogP contribution in [0.2, 0.25) is 5.02 Å². The van der Waals surface area contributed by atoms with Crippen molar-refractivity contribution in [3.8, 4) is 0 Å². The molecule has 0 aromatic heterocycles. The normalized spacial score (nSPS) is 11.3. The molecule has 0 amide bonds. The third kappa shape index (κ3) is 4.51. The standard InChI is InChI=1S/C15H25ClN2/c1-11(2)9-17-10-13-8-14(16)6-7-15(13)18(5)12(3)4/h6-8,11-12,17H,9-10H2,1-5H3. The first-order chi connectivity index (χ1) is 8.41. The molecule has 1 aromatic rings. The average molecular weight is 269 g/mol. The highest BCUT2D eigenvalue weighted by Crippen LogP contribution is 2.24. The quantitative estimate of drug-likeness (QED) is 0.841. The summed E-state index contributed by atoms with van der Waals surface area (Å²) in [5, 5.41) is 4.28. The van der Waals surface area contributed by atoms with Crippen molar-refractivity contribution < 1.29 is 0 Å². The number of hydrogen-bond donors (Lipinski definition) is 1. The van der Waals surface area contributed by atoms with Crippen LogP contribution in [-0.4, -0.2) is 19.6 Å². The van der Waals surface area contributed by atoms with Gasteiger partial charge >= 0.3 is 0 Å². The van der Waals surface area contributed by atoms with Crippen molar-refractivity contribution in [3.63, 3.8) is 0 Å². The van der Waals surface area contributed by atoms with E-state index in [9.17, 15) is 0 Å². The first-order valence-corrected chi connectivity index (χ1v) is 7.01. The van der Waals surface area contributed by atoms with Gasteiger partial charge in [0.1, 0.15) is 0 Å². The van der Waals surface area contributed by atoms with Gasteiger partial charge in [0, 0.05) is 30.3 Å². The summed E-state index contributed by atoms with van der Waals surface area (Å²) in [5.74, 6) is 0.662. The monoisotopic (exact) mass is 268 g/mol. The molecule has 0 aliphatic heterocycles. The van der Waals surface area contributed by atoms with Crippen molar-refractivity contribution in [1.82, 2.24) is 5.32 Å². The lowest BCUT2D eigenvalue weighted by atomic mass is 10.1. The van der Waals surface area contributed by atoms with E-state index in [0.717, 1.165) is 18.1 Å². The van der Waals surface area contributed by atoms with Crippen LogP contribution in [-0.2, 0) is 6.54 Å². The molecule has 0 radical (unpaired) electrons. The Kier molecular flexibility index (Phi) is 5.97. The fourth-order valence-electron chi connectivity index (χ4n) is 1.81. The second-order valence-corrected chi connectivity index (χ2v) is 5.94. The second kappa shape index (κ2) is 7.01. The van der Waals surface area contributed by atoms with E-state index in [2.05, 4.69) is 57.1 Å². The van der Waals surface area contributed by atoms with Crippen molar-refractivity contribution in [1.29, 1.82) is 0 Å². The summed E-state index contributed by atoms with van der Waals surface area (Å²) in [4.78, 5) is 2.28. The third-order valence-electron chi connectivity index (χ3n) is 3.06. The summed E-state index contributed by atoms with van der Waals surface area (Å²) < 4.78 is 0. The van der Waals surface area contributed by atoms with Gasteiger partial charge in [0.15, 0.2) is 0 Å². The van der Waals surface area contributed by atoms with Crippen LogP contribution in [0.25, 0.3) is 0 Å². The Morgan fingerprint density at radius 1 is 1.22 bits per heavy atom. The van der Waals surface area contributed by atoms with Crippen molar-refractivity contribution in [3.05, 3.63) is 28.8 Å². The van der Waals surface area contributed by atoms with Crippen LogP contribution in [0.4, 0.5) is 5.69 Å². The number of hydrogen-bond acceptors (Lipinski definition) is 2. The Balaban J connectivity index is 2.83. The molecule has 0 aliphatic rings. The summed E-state index contributed by atoms with van der Waals surface area (Å²) in [7, 11) is 2.12. The largest absolute Gasteiger partial charge is 0.372 e. The SMILES string of the molecule is CC(C)CNCc1cc(Cl)ccc1N(C)C(C)C. The molecule has 2 nitrogen and oxygen atoms in total. The summed E-state index contributed by atoms with van der Waals surface area (Å²) in [6, 6.07) is 6.61. The van der Waals surface area contributed by atoms with E-state index in [4.69, 9.17) is 11.6 Å². The van der Waals surface area contributed by atoms with E-state index < -0.39 is 0 Å². The van der Waals surface area contributed by atoms with Crippen LogP contribution < -0.4 is 10.2 Å². The summed E-state index contributed by atoms with van der Waals surface area (Å²) in [5.41, 5.74) is 2.52. The van der Waals surface area contributed by atoms with E-state index in [0.29, 0.717) is 12.0 Å². The molecule has 0 saturated carbocycles. The van der Waals surface area contributed by atoms with E-state index in [1.807, 2.05) is 6.07 Å². The number of benzene rings is 1. The summed E-state index contributed by atoms with van der Waals surface area (Å²) in [6.07, 6.45) is 0. The van der Waals surface area contributed by atoms with Gasteiger partial charge in [-0.2, -0.15) is 0 Å². The number of nitrogens with zero attached hydrogens (tertiary/aromatic N) is 1. The Morgan fingerprint density at radius 2 is 1.89 bits per heavy atom. The van der Waals surface area contributed by atoms with Gasteiger partial charge in [0.05, 0.1) is 0 Å². The van der Waals surface area contributed by atoms with Crippen LogP contribution in [0, 0.1) is 5.92 Å². The maximum absolute atomic E-state index is 6.10. The zero-order chi connectivity index (χ0) is 13.7. The molecule has 0 saturated heterocycles. The van der Waals surface area contributed by atoms with Gasteiger partial charge in [-0.1, -0.05) is 25.4 Å². The molecule has 0 unspecified atom stereocenters. The molecule has 0 fully saturated rings. The molecule has 3 heteroatoms. The van der Waals surface area contributed by atoms with Crippen LogP contribution in [0.3, 0.4) is 0 Å². The minimum atomic E-state index is 0.482. The van der Waals surface area contributed by atoms with E-state index >= 15 is 0 Å². The zero-order valence-electron chi connectivity index (χ0n) is 12.1. The molecule has 102 valence electrons. The molecular formula is C15H25ClN2. The van der Waals surface area contributed by atoms with Gasteiger partial charge in [0.25, 0.3) is 0 Å². The maximum atomic E-state index is 6.10. The molecule has 0 aliphatic carbocycles. The highest BCUT2D eigenvalue weighted by molar-refractivity contribution is 6.30. The van der Waals surface area contributed by atoms with Crippen molar-refractivity contribution in [2.45, 2.75) is 40.3 Å². The Hall–Kier alpha value is -0.730. The first kappa shape index (κ1) is 15.3. The molecule has 0 heterocycles. The summed E-state index contributed by atoms with van der Waals surface area (Å²) in [6.45, 7) is 10.7. The number of rotatable bonds is 6. The first-order valence-electron chi connectivity index (χ1n) is 6.63. The molecular weight excluding hydrogens is 244 g/mol. The Bertz CT molecular complexity index is 375.